The molecule has 0 N–H and O–H groups in total. The van der Waals surface area contributed by atoms with Gasteiger partial charge in [-0.1, -0.05) is 34.1 Å². The Bertz CT molecular complexity index is 675. The predicted octanol–water partition coefficient (Wildman–Crippen LogP) is 3.80. The maximum absolute atomic E-state index is 13.9. The van der Waals surface area contributed by atoms with E-state index in [0.29, 0.717) is 30.8 Å². The van der Waals surface area contributed by atoms with Crippen molar-refractivity contribution in [1.29, 1.82) is 0 Å². The van der Waals surface area contributed by atoms with Crippen molar-refractivity contribution >= 4 is 21.8 Å². The highest BCUT2D eigenvalue weighted by molar-refractivity contribution is 9.10. The van der Waals surface area contributed by atoms with Gasteiger partial charge in [-0.25, -0.2) is 4.39 Å². The Morgan fingerprint density at radius 1 is 1.18 bits per heavy atom. The zero-order chi connectivity index (χ0) is 15.5. The summed E-state index contributed by atoms with van der Waals surface area (Å²) in [5, 5.41) is 0. The van der Waals surface area contributed by atoms with Crippen LogP contribution in [0.25, 0.3) is 0 Å². The Morgan fingerprint density at radius 3 is 2.64 bits per heavy atom. The second-order valence-corrected chi connectivity index (χ2v) is 6.05. The fraction of sp³-hybridized carbons (Fsp3) is 0.235. The van der Waals surface area contributed by atoms with Gasteiger partial charge in [0.05, 0.1) is 13.2 Å². The van der Waals surface area contributed by atoms with Crippen LogP contribution < -0.4 is 0 Å². The van der Waals surface area contributed by atoms with Gasteiger partial charge in [0.2, 0.25) is 0 Å². The first-order valence-electron chi connectivity index (χ1n) is 7.06. The van der Waals surface area contributed by atoms with Gasteiger partial charge in [0, 0.05) is 22.1 Å². The van der Waals surface area contributed by atoms with E-state index < -0.39 is 6.10 Å². The van der Waals surface area contributed by atoms with E-state index in [4.69, 9.17) is 4.74 Å². The molecule has 1 heterocycles. The molecule has 2 aromatic carbocycles. The summed E-state index contributed by atoms with van der Waals surface area (Å²) < 4.78 is 20.4. The highest BCUT2D eigenvalue weighted by Gasteiger charge is 2.27. The smallest absolute Gasteiger partial charge is 0.254 e. The second kappa shape index (κ2) is 6.58. The summed E-state index contributed by atoms with van der Waals surface area (Å²) in [5.74, 6) is -0.359. The Morgan fingerprint density at radius 2 is 1.91 bits per heavy atom. The van der Waals surface area contributed by atoms with Crippen molar-refractivity contribution in [2.45, 2.75) is 6.10 Å². The van der Waals surface area contributed by atoms with E-state index in [1.54, 1.807) is 35.2 Å². The number of benzene rings is 2. The largest absolute Gasteiger partial charge is 0.370 e. The molecule has 0 saturated carbocycles. The van der Waals surface area contributed by atoms with E-state index in [0.717, 1.165) is 4.47 Å². The molecule has 0 bridgehead atoms. The number of morpholine rings is 1. The first-order chi connectivity index (χ1) is 10.6. The van der Waals surface area contributed by atoms with Gasteiger partial charge in [0.15, 0.2) is 0 Å². The molecule has 5 heteroatoms. The lowest BCUT2D eigenvalue weighted by molar-refractivity contribution is -0.0243. The number of amides is 1. The van der Waals surface area contributed by atoms with Crippen LogP contribution in [0.2, 0.25) is 0 Å². The molecule has 1 saturated heterocycles. The van der Waals surface area contributed by atoms with E-state index in [1.165, 1.54) is 6.07 Å². The third-order valence-corrected chi connectivity index (χ3v) is 4.23. The normalized spacial score (nSPS) is 18.3. The number of rotatable bonds is 2. The molecule has 1 atom stereocenters. The first kappa shape index (κ1) is 15.2. The summed E-state index contributed by atoms with van der Waals surface area (Å²) in [6, 6.07) is 13.8. The summed E-state index contributed by atoms with van der Waals surface area (Å²) in [6.45, 7) is 1.27. The maximum Gasteiger partial charge on any atom is 0.254 e. The molecule has 0 aromatic heterocycles. The van der Waals surface area contributed by atoms with Crippen molar-refractivity contribution in [3.63, 3.8) is 0 Å². The molecule has 0 radical (unpaired) electrons. The van der Waals surface area contributed by atoms with Gasteiger partial charge in [-0.05, 0) is 30.3 Å². The van der Waals surface area contributed by atoms with Gasteiger partial charge >= 0.3 is 0 Å². The number of hydrogen-bond acceptors (Lipinski definition) is 2. The Balaban J connectivity index is 1.77. The molecule has 114 valence electrons. The van der Waals surface area contributed by atoms with E-state index in [-0.39, 0.29) is 11.7 Å². The lowest BCUT2D eigenvalue weighted by atomic mass is 10.1. The lowest BCUT2D eigenvalue weighted by Crippen LogP contribution is -2.42. The summed E-state index contributed by atoms with van der Waals surface area (Å²) >= 11 is 3.35. The zero-order valence-electron chi connectivity index (χ0n) is 11.8. The van der Waals surface area contributed by atoms with Gasteiger partial charge in [-0.3, -0.25) is 4.79 Å². The van der Waals surface area contributed by atoms with Crippen LogP contribution in [0.15, 0.2) is 53.0 Å². The third kappa shape index (κ3) is 3.20. The number of halogens is 2. The minimum atomic E-state index is -0.422. The molecule has 2 aromatic rings. The number of carbonyl (C=O) groups is 1. The molecule has 3 rings (SSSR count). The van der Waals surface area contributed by atoms with Crippen LogP contribution in [0.5, 0.6) is 0 Å². The van der Waals surface area contributed by atoms with Crippen LogP contribution in [-0.4, -0.2) is 30.5 Å². The molecule has 3 nitrogen and oxygen atoms in total. The minimum Gasteiger partial charge on any atom is -0.370 e. The molecular formula is C17H15BrFNO2. The monoisotopic (exact) mass is 363 g/mol. The third-order valence-electron chi connectivity index (χ3n) is 3.70. The lowest BCUT2D eigenvalue weighted by Gasteiger charge is -2.33. The predicted molar refractivity (Wildman–Crippen MR) is 85.1 cm³/mol. The molecule has 1 aliphatic rings. The topological polar surface area (TPSA) is 29.5 Å². The van der Waals surface area contributed by atoms with Crippen molar-refractivity contribution in [2.75, 3.05) is 19.7 Å². The van der Waals surface area contributed by atoms with Gasteiger partial charge in [0.1, 0.15) is 11.9 Å². The van der Waals surface area contributed by atoms with Crippen LogP contribution >= 0.6 is 15.9 Å². The Kier molecular flexibility index (Phi) is 4.55. The van der Waals surface area contributed by atoms with E-state index in [9.17, 15) is 9.18 Å². The average Bonchev–Trinajstić information content (AvgIpc) is 2.55. The SMILES string of the molecule is O=C(c1ccc(Br)cc1)N1CCOC(c2ccccc2F)C1. The molecule has 22 heavy (non-hydrogen) atoms. The summed E-state index contributed by atoms with van der Waals surface area (Å²) in [4.78, 5) is 14.2. The van der Waals surface area contributed by atoms with Crippen molar-refractivity contribution in [3.8, 4) is 0 Å². The second-order valence-electron chi connectivity index (χ2n) is 5.14. The Labute approximate surface area is 136 Å². The van der Waals surface area contributed by atoms with Crippen molar-refractivity contribution < 1.29 is 13.9 Å². The van der Waals surface area contributed by atoms with Gasteiger partial charge in [0.25, 0.3) is 5.91 Å². The Hall–Kier alpha value is -1.72. The minimum absolute atomic E-state index is 0.0582. The van der Waals surface area contributed by atoms with Crippen LogP contribution in [0.4, 0.5) is 4.39 Å². The number of nitrogens with zero attached hydrogens (tertiary/aromatic N) is 1. The van der Waals surface area contributed by atoms with Gasteiger partial charge in [-0.2, -0.15) is 0 Å². The quantitative estimate of drug-likeness (QED) is 0.811. The summed E-state index contributed by atoms with van der Waals surface area (Å²) in [7, 11) is 0. The maximum atomic E-state index is 13.9. The highest BCUT2D eigenvalue weighted by atomic mass is 79.9. The van der Waals surface area contributed by atoms with Crippen molar-refractivity contribution in [2.24, 2.45) is 0 Å². The number of carbonyl (C=O) groups excluding carboxylic acids is 1. The van der Waals surface area contributed by atoms with Gasteiger partial charge < -0.3 is 9.64 Å². The molecular weight excluding hydrogens is 349 g/mol. The molecule has 0 spiro atoms. The van der Waals surface area contributed by atoms with Crippen LogP contribution in [0.1, 0.15) is 22.0 Å². The van der Waals surface area contributed by atoms with Crippen molar-refractivity contribution in [1.82, 2.24) is 4.90 Å². The summed E-state index contributed by atoms with van der Waals surface area (Å²) in [6.07, 6.45) is -0.422. The molecule has 1 fully saturated rings. The highest BCUT2D eigenvalue weighted by Crippen LogP contribution is 2.25. The van der Waals surface area contributed by atoms with E-state index in [1.807, 2.05) is 12.1 Å². The molecule has 1 aliphatic heterocycles. The zero-order valence-corrected chi connectivity index (χ0v) is 13.4. The van der Waals surface area contributed by atoms with Crippen LogP contribution in [0, 0.1) is 5.82 Å². The fourth-order valence-corrected chi connectivity index (χ4v) is 2.80. The van der Waals surface area contributed by atoms with E-state index in [2.05, 4.69) is 15.9 Å². The molecule has 1 amide bonds. The van der Waals surface area contributed by atoms with E-state index >= 15 is 0 Å². The number of ether oxygens (including phenoxy) is 1. The number of hydrogen-bond donors (Lipinski definition) is 0. The van der Waals surface area contributed by atoms with Crippen LogP contribution in [0.3, 0.4) is 0 Å². The summed E-state index contributed by atoms with van der Waals surface area (Å²) in [5.41, 5.74) is 1.12. The first-order valence-corrected chi connectivity index (χ1v) is 7.85. The van der Waals surface area contributed by atoms with Crippen LogP contribution in [-0.2, 0) is 4.74 Å². The standard InChI is InChI=1S/C17H15BrFNO2/c18-13-7-5-12(6-8-13)17(21)20-9-10-22-16(11-20)14-3-1-2-4-15(14)19/h1-8,16H,9-11H2. The fourth-order valence-electron chi connectivity index (χ4n) is 2.53. The van der Waals surface area contributed by atoms with Crippen molar-refractivity contribution in [3.05, 3.63) is 69.9 Å². The molecule has 0 aliphatic carbocycles. The molecule has 1 unspecified atom stereocenters. The average molecular weight is 364 g/mol. The van der Waals surface area contributed by atoms with Gasteiger partial charge in [-0.15, -0.1) is 0 Å².